The zero-order valence-corrected chi connectivity index (χ0v) is 9.24. The zero-order valence-electron chi connectivity index (χ0n) is 9.24. The summed E-state index contributed by atoms with van der Waals surface area (Å²) in [5, 5.41) is 0. The molecule has 0 aromatic carbocycles. The maximum Gasteiger partial charge on any atom is 0.253 e. The lowest BCUT2D eigenvalue weighted by atomic mass is 10.6. The Balaban J connectivity index is 4.02. The van der Waals surface area contributed by atoms with Crippen molar-refractivity contribution < 1.29 is 24.3 Å². The highest BCUT2D eigenvalue weighted by molar-refractivity contribution is 5.18. The van der Waals surface area contributed by atoms with Crippen molar-refractivity contribution in [3.63, 3.8) is 0 Å². The van der Waals surface area contributed by atoms with E-state index in [1.54, 1.807) is 13.8 Å². The van der Waals surface area contributed by atoms with Crippen LogP contribution in [0.15, 0.2) is 12.0 Å². The Hall–Kier alpha value is -1.38. The van der Waals surface area contributed by atoms with Gasteiger partial charge in [-0.15, -0.1) is 0 Å². The molecule has 0 aliphatic heterocycles. The van der Waals surface area contributed by atoms with Gasteiger partial charge in [0.15, 0.2) is 6.11 Å². The summed E-state index contributed by atoms with van der Waals surface area (Å²) in [6.45, 7) is 6.78. The second-order valence-corrected chi connectivity index (χ2v) is 2.14. The topological polar surface area (TPSA) is 46.2 Å². The van der Waals surface area contributed by atoms with Gasteiger partial charge in [-0.05, 0) is 20.8 Å². The van der Waals surface area contributed by atoms with E-state index < -0.39 is 0 Å². The number of ether oxygens (including phenoxy) is 1. The summed E-state index contributed by atoms with van der Waals surface area (Å²) >= 11 is 0. The van der Waals surface area contributed by atoms with Crippen LogP contribution in [0.3, 0.4) is 0 Å². The van der Waals surface area contributed by atoms with Crippen molar-refractivity contribution in [3.8, 4) is 12.0 Å². The molecule has 5 heteroatoms. The lowest BCUT2D eigenvalue weighted by Crippen LogP contribution is -1.95. The first kappa shape index (κ1) is 13.6. The normalized spacial score (nSPS) is 10.2. The Kier molecular flexibility index (Phi) is 9.71. The SMILES string of the molecule is CCOC=C(C#COOCC)OOCC. The van der Waals surface area contributed by atoms with Crippen LogP contribution in [0, 0.1) is 12.0 Å². The monoisotopic (exact) mass is 216 g/mol. The predicted molar refractivity (Wildman–Crippen MR) is 52.9 cm³/mol. The third-order valence-corrected chi connectivity index (χ3v) is 1.02. The summed E-state index contributed by atoms with van der Waals surface area (Å²) in [5.74, 6) is 2.74. The largest absolute Gasteiger partial charge is 0.497 e. The molecule has 0 fully saturated rings. The molecule has 15 heavy (non-hydrogen) atoms. The van der Waals surface area contributed by atoms with Gasteiger partial charge in [0.05, 0.1) is 19.8 Å². The summed E-state index contributed by atoms with van der Waals surface area (Å²) in [6.07, 6.45) is 3.62. The van der Waals surface area contributed by atoms with Crippen LogP contribution < -0.4 is 0 Å². The van der Waals surface area contributed by atoms with Gasteiger partial charge in [-0.2, -0.15) is 9.78 Å². The van der Waals surface area contributed by atoms with Crippen LogP contribution in [0.5, 0.6) is 0 Å². The molecule has 0 aliphatic carbocycles. The van der Waals surface area contributed by atoms with Gasteiger partial charge >= 0.3 is 0 Å². The van der Waals surface area contributed by atoms with Crippen molar-refractivity contribution in [2.24, 2.45) is 0 Å². The van der Waals surface area contributed by atoms with Gasteiger partial charge in [0.1, 0.15) is 6.26 Å². The number of allylic oxidation sites excluding steroid dienone is 1. The van der Waals surface area contributed by atoms with Crippen LogP contribution >= 0.6 is 0 Å². The number of rotatable bonds is 7. The second-order valence-electron chi connectivity index (χ2n) is 2.14. The van der Waals surface area contributed by atoms with Crippen LogP contribution in [0.25, 0.3) is 0 Å². The van der Waals surface area contributed by atoms with Crippen molar-refractivity contribution >= 4 is 0 Å². The highest BCUT2D eigenvalue weighted by Gasteiger charge is 1.95. The first-order valence-corrected chi connectivity index (χ1v) is 4.75. The average Bonchev–Trinajstić information content (AvgIpc) is 2.27. The van der Waals surface area contributed by atoms with Gasteiger partial charge in [-0.25, -0.2) is 0 Å². The van der Waals surface area contributed by atoms with E-state index in [0.717, 1.165) is 0 Å². The molecule has 0 N–H and O–H groups in total. The summed E-state index contributed by atoms with van der Waals surface area (Å²) in [6, 6.07) is 0. The standard InChI is InChI=1S/C10H16O5/c1-4-11-9-10(15-13-6-3)7-8-14-12-5-2/h9H,4-6H2,1-3H3. The molecule has 0 aromatic rings. The molecule has 0 atom stereocenters. The van der Waals surface area contributed by atoms with Crippen LogP contribution in [-0.4, -0.2) is 19.8 Å². The minimum atomic E-state index is 0.221. The molecule has 0 aliphatic rings. The van der Waals surface area contributed by atoms with Crippen molar-refractivity contribution in [1.29, 1.82) is 0 Å². The van der Waals surface area contributed by atoms with Crippen LogP contribution in [0.2, 0.25) is 0 Å². The lowest BCUT2D eigenvalue weighted by molar-refractivity contribution is -0.255. The van der Waals surface area contributed by atoms with E-state index in [1.807, 2.05) is 6.92 Å². The Bertz CT molecular complexity index is 226. The van der Waals surface area contributed by atoms with E-state index >= 15 is 0 Å². The summed E-state index contributed by atoms with van der Waals surface area (Å²) in [4.78, 5) is 18.5. The summed E-state index contributed by atoms with van der Waals surface area (Å²) < 4.78 is 4.98. The second kappa shape index (κ2) is 10.7. The molecule has 0 saturated heterocycles. The van der Waals surface area contributed by atoms with Gasteiger partial charge in [0.25, 0.3) is 5.76 Å². The van der Waals surface area contributed by atoms with Gasteiger partial charge in [0.2, 0.25) is 0 Å². The minimum Gasteiger partial charge on any atom is -0.497 e. The zero-order chi connectivity index (χ0) is 11.4. The molecule has 0 bridgehead atoms. The van der Waals surface area contributed by atoms with E-state index in [-0.39, 0.29) is 5.76 Å². The first-order valence-electron chi connectivity index (χ1n) is 4.75. The van der Waals surface area contributed by atoms with E-state index in [4.69, 9.17) is 14.5 Å². The highest BCUT2D eigenvalue weighted by atomic mass is 17.2. The van der Waals surface area contributed by atoms with Gasteiger partial charge in [0, 0.05) is 5.92 Å². The fraction of sp³-hybridized carbons (Fsp3) is 0.600. The molecule has 0 unspecified atom stereocenters. The molecule has 0 amide bonds. The van der Waals surface area contributed by atoms with E-state index in [1.165, 1.54) is 6.26 Å². The fourth-order valence-corrected chi connectivity index (χ4v) is 0.511. The summed E-state index contributed by atoms with van der Waals surface area (Å²) in [7, 11) is 0. The Morgan fingerprint density at radius 3 is 2.40 bits per heavy atom. The molecular weight excluding hydrogens is 200 g/mol. The van der Waals surface area contributed by atoms with Crippen molar-refractivity contribution in [2.45, 2.75) is 20.8 Å². The minimum absolute atomic E-state index is 0.221. The highest BCUT2D eigenvalue weighted by Crippen LogP contribution is 1.97. The quantitative estimate of drug-likeness (QED) is 0.213. The van der Waals surface area contributed by atoms with Crippen LogP contribution in [0.1, 0.15) is 20.8 Å². The molecule has 86 valence electrons. The first-order chi connectivity index (χ1) is 7.35. The van der Waals surface area contributed by atoms with Crippen LogP contribution in [0.4, 0.5) is 0 Å². The van der Waals surface area contributed by atoms with Gasteiger partial charge < -0.3 is 9.62 Å². The van der Waals surface area contributed by atoms with Gasteiger partial charge in [-0.1, -0.05) is 0 Å². The Morgan fingerprint density at radius 1 is 1.07 bits per heavy atom. The molecule has 0 radical (unpaired) electrons. The van der Waals surface area contributed by atoms with E-state index in [2.05, 4.69) is 21.8 Å². The Labute approximate surface area is 89.8 Å². The number of hydrogen-bond acceptors (Lipinski definition) is 5. The molecular formula is C10H16O5. The van der Waals surface area contributed by atoms with Crippen molar-refractivity contribution in [1.82, 2.24) is 0 Å². The van der Waals surface area contributed by atoms with Crippen molar-refractivity contribution in [3.05, 3.63) is 12.0 Å². The van der Waals surface area contributed by atoms with Crippen molar-refractivity contribution in [2.75, 3.05) is 19.8 Å². The molecule has 0 spiro atoms. The van der Waals surface area contributed by atoms with Gasteiger partial charge in [-0.3, -0.25) is 4.89 Å². The average molecular weight is 216 g/mol. The maximum absolute atomic E-state index is 4.98. The lowest BCUT2D eigenvalue weighted by Gasteiger charge is -2.01. The summed E-state index contributed by atoms with van der Waals surface area (Å²) in [5.41, 5.74) is 0. The fourth-order valence-electron chi connectivity index (χ4n) is 0.511. The maximum atomic E-state index is 4.98. The van der Waals surface area contributed by atoms with Crippen LogP contribution in [-0.2, 0) is 24.3 Å². The third kappa shape index (κ3) is 8.94. The molecule has 0 rings (SSSR count). The predicted octanol–water partition coefficient (Wildman–Crippen LogP) is 1.76. The third-order valence-electron chi connectivity index (χ3n) is 1.02. The smallest absolute Gasteiger partial charge is 0.253 e. The van der Waals surface area contributed by atoms with E-state index in [0.29, 0.717) is 19.8 Å². The molecule has 5 nitrogen and oxygen atoms in total. The number of hydrogen-bond donors (Lipinski definition) is 0. The molecule has 0 saturated carbocycles. The molecule has 0 heterocycles. The molecule has 0 aromatic heterocycles. The Morgan fingerprint density at radius 2 is 1.80 bits per heavy atom. The van der Waals surface area contributed by atoms with E-state index in [9.17, 15) is 0 Å².